The monoisotopic (exact) mass is 684 g/mol. The van der Waals surface area contributed by atoms with Crippen molar-refractivity contribution in [2.45, 2.75) is 43.3 Å². The number of likely N-dealkylation sites (tertiary alicyclic amines) is 1. The molecule has 4 amide bonds. The van der Waals surface area contributed by atoms with Crippen LogP contribution in [-0.2, 0) is 26.2 Å². The van der Waals surface area contributed by atoms with E-state index in [-0.39, 0.29) is 39.8 Å². The molecule has 4 N–H and O–H groups in total. The molecule has 3 aromatic carbocycles. The van der Waals surface area contributed by atoms with Crippen molar-refractivity contribution in [3.8, 4) is 11.1 Å². The Morgan fingerprint density at radius 2 is 1.74 bits per heavy atom. The van der Waals surface area contributed by atoms with Crippen molar-refractivity contribution in [3.63, 3.8) is 0 Å². The van der Waals surface area contributed by atoms with Gasteiger partial charge < -0.3 is 16.0 Å². The summed E-state index contributed by atoms with van der Waals surface area (Å²) in [6.45, 7) is -1.03. The van der Waals surface area contributed by atoms with Gasteiger partial charge in [0.05, 0.1) is 23.0 Å². The first kappa shape index (κ1) is 32.1. The number of aromatic nitrogens is 2. The Morgan fingerprint density at radius 1 is 1.02 bits per heavy atom. The maximum atomic E-state index is 15.5. The van der Waals surface area contributed by atoms with Gasteiger partial charge >= 0.3 is 0 Å². The number of halogens is 3. The largest absolute Gasteiger partial charge is 0.364 e. The van der Waals surface area contributed by atoms with Gasteiger partial charge in [-0.2, -0.15) is 5.10 Å². The zero-order chi connectivity index (χ0) is 33.6. The van der Waals surface area contributed by atoms with Gasteiger partial charge in [-0.15, -0.1) is 0 Å². The summed E-state index contributed by atoms with van der Waals surface area (Å²) >= 11 is 6.23. The Bertz CT molecular complexity index is 2070. The van der Waals surface area contributed by atoms with Crippen LogP contribution in [0.1, 0.15) is 40.1 Å². The average molecular weight is 685 g/mol. The Hall–Kier alpha value is -4.89. The molecule has 16 heteroatoms. The molecule has 0 bridgehead atoms. The molecule has 4 aromatic rings. The van der Waals surface area contributed by atoms with Crippen LogP contribution in [0.15, 0.2) is 60.7 Å². The van der Waals surface area contributed by atoms with Crippen molar-refractivity contribution in [1.82, 2.24) is 19.4 Å². The van der Waals surface area contributed by atoms with Crippen LogP contribution < -0.4 is 15.8 Å². The highest BCUT2D eigenvalue weighted by atomic mass is 35.5. The lowest BCUT2D eigenvalue weighted by Crippen LogP contribution is -2.44. The van der Waals surface area contributed by atoms with E-state index in [2.05, 4.69) is 10.4 Å². The molecule has 1 aliphatic carbocycles. The number of nitrogens with zero attached hydrogens (tertiary/aromatic N) is 3. The molecule has 12 nitrogen and oxygen atoms in total. The lowest BCUT2D eigenvalue weighted by Gasteiger charge is -2.24. The Balaban J connectivity index is 1.24. The maximum absolute atomic E-state index is 15.5. The Labute approximate surface area is 271 Å². The zero-order valence-corrected chi connectivity index (χ0v) is 26.0. The normalized spacial score (nSPS) is 17.9. The number of hydrogen-bond donors (Lipinski definition) is 3. The number of nitrogens with one attached hydrogen (secondary N) is 2. The molecule has 2 heterocycles. The third-order valence-electron chi connectivity index (χ3n) is 8.02. The van der Waals surface area contributed by atoms with Crippen molar-refractivity contribution in [3.05, 3.63) is 82.8 Å². The van der Waals surface area contributed by atoms with E-state index >= 15 is 4.39 Å². The lowest BCUT2D eigenvalue weighted by atomic mass is 10.0. The molecule has 1 saturated heterocycles. The van der Waals surface area contributed by atoms with Crippen LogP contribution in [-0.4, -0.2) is 70.7 Å². The van der Waals surface area contributed by atoms with Crippen LogP contribution in [0.4, 0.5) is 14.5 Å². The van der Waals surface area contributed by atoms with E-state index < -0.39 is 70.0 Å². The van der Waals surface area contributed by atoms with Gasteiger partial charge in [-0.25, -0.2) is 21.9 Å². The van der Waals surface area contributed by atoms with Crippen molar-refractivity contribution in [2.24, 2.45) is 5.73 Å². The Morgan fingerprint density at radius 3 is 2.45 bits per heavy atom. The standard InChI is InChI=1S/C31H27ClF2N6O6S/c32-22-6-2-1-4-19(22)20-5-3-7-23(27(20)34)36-31(44)25-13-17(33)14-39(25)26(41)15-40-24-12-16(8-11-21(24)28(37-40)29(35)42)30(43)38-47(45,46)18-9-10-18/h1-8,11-12,17-18,25H,9-10,13-15H2,(H2,35,42)(H,36,44)(H,38,43). The minimum atomic E-state index is -3.86. The number of carbonyl (C=O) groups excluding carboxylic acids is 4. The van der Waals surface area contributed by atoms with Gasteiger partial charge in [0, 0.05) is 33.5 Å². The van der Waals surface area contributed by atoms with Crippen molar-refractivity contribution >= 4 is 61.8 Å². The molecule has 1 saturated carbocycles. The van der Waals surface area contributed by atoms with E-state index in [1.807, 2.05) is 4.72 Å². The van der Waals surface area contributed by atoms with E-state index in [1.54, 1.807) is 24.3 Å². The first-order chi connectivity index (χ1) is 22.3. The molecule has 47 heavy (non-hydrogen) atoms. The van der Waals surface area contributed by atoms with Crippen molar-refractivity contribution in [2.75, 3.05) is 11.9 Å². The first-order valence-corrected chi connectivity index (χ1v) is 16.4. The van der Waals surface area contributed by atoms with Gasteiger partial charge in [0.15, 0.2) is 11.5 Å². The summed E-state index contributed by atoms with van der Waals surface area (Å²) in [7, 11) is -3.86. The number of amides is 4. The lowest BCUT2D eigenvalue weighted by molar-refractivity contribution is -0.137. The number of hydrogen-bond acceptors (Lipinski definition) is 7. The second-order valence-electron chi connectivity index (χ2n) is 11.3. The highest BCUT2D eigenvalue weighted by Crippen LogP contribution is 2.33. The second kappa shape index (κ2) is 12.4. The molecular formula is C31H27ClF2N6O6S. The van der Waals surface area contributed by atoms with E-state index in [0.29, 0.717) is 23.4 Å². The minimum Gasteiger partial charge on any atom is -0.364 e. The van der Waals surface area contributed by atoms with Crippen LogP contribution in [0.25, 0.3) is 22.0 Å². The molecule has 0 spiro atoms. The number of primary amides is 1. The SMILES string of the molecule is NC(=O)c1nn(CC(=O)N2CC(F)CC2C(=O)Nc2cccc(-c3ccccc3Cl)c2F)c2cc(C(=O)NS(=O)(=O)C3CC3)ccc12. The summed E-state index contributed by atoms with van der Waals surface area (Å²) in [6.07, 6.45) is -1.03. The van der Waals surface area contributed by atoms with Crippen molar-refractivity contribution < 1.29 is 36.4 Å². The van der Waals surface area contributed by atoms with Crippen molar-refractivity contribution in [1.29, 1.82) is 0 Å². The topological polar surface area (TPSA) is 174 Å². The van der Waals surface area contributed by atoms with Crippen LogP contribution in [0.3, 0.4) is 0 Å². The van der Waals surface area contributed by atoms with Crippen LogP contribution >= 0.6 is 11.6 Å². The second-order valence-corrected chi connectivity index (χ2v) is 13.7. The molecule has 6 rings (SSSR count). The van der Waals surface area contributed by atoms with E-state index in [4.69, 9.17) is 17.3 Å². The number of alkyl halides is 1. The molecule has 2 unspecified atom stereocenters. The molecule has 1 aromatic heterocycles. The van der Waals surface area contributed by atoms with Crippen LogP contribution in [0.5, 0.6) is 0 Å². The third kappa shape index (κ3) is 6.40. The van der Waals surface area contributed by atoms with Crippen LogP contribution in [0.2, 0.25) is 5.02 Å². The van der Waals surface area contributed by atoms with Gasteiger partial charge in [-0.1, -0.05) is 41.9 Å². The fraction of sp³-hybridized carbons (Fsp3) is 0.258. The summed E-state index contributed by atoms with van der Waals surface area (Å²) in [5, 5.41) is 6.40. The molecule has 0 radical (unpaired) electrons. The fourth-order valence-electron chi connectivity index (χ4n) is 5.53. The highest BCUT2D eigenvalue weighted by molar-refractivity contribution is 7.91. The fourth-order valence-corrected chi connectivity index (χ4v) is 7.06. The van der Waals surface area contributed by atoms with Gasteiger partial charge in [-0.05, 0) is 43.2 Å². The predicted molar refractivity (Wildman–Crippen MR) is 168 cm³/mol. The van der Waals surface area contributed by atoms with Gasteiger partial charge in [0.1, 0.15) is 18.8 Å². The maximum Gasteiger partial charge on any atom is 0.269 e. The number of carbonyl (C=O) groups is 4. The third-order valence-corrected chi connectivity index (χ3v) is 10.2. The van der Waals surface area contributed by atoms with Gasteiger partial charge in [0.25, 0.3) is 11.8 Å². The molecular weight excluding hydrogens is 658 g/mol. The van der Waals surface area contributed by atoms with Gasteiger partial charge in [0.2, 0.25) is 21.8 Å². The Kier molecular flexibility index (Phi) is 8.44. The molecule has 2 atom stereocenters. The molecule has 2 aliphatic rings. The summed E-state index contributed by atoms with van der Waals surface area (Å²) in [5.41, 5.74) is 5.60. The zero-order valence-electron chi connectivity index (χ0n) is 24.5. The number of nitrogens with two attached hydrogens (primary N) is 1. The quantitative estimate of drug-likeness (QED) is 0.242. The summed E-state index contributed by atoms with van der Waals surface area (Å²) < 4.78 is 57.8. The molecule has 244 valence electrons. The molecule has 1 aliphatic heterocycles. The number of anilines is 1. The predicted octanol–water partition coefficient (Wildman–Crippen LogP) is 3.39. The summed E-state index contributed by atoms with van der Waals surface area (Å²) in [6, 6.07) is 13.5. The number of rotatable bonds is 9. The average Bonchev–Trinajstić information content (AvgIpc) is 3.74. The minimum absolute atomic E-state index is 0.0883. The van der Waals surface area contributed by atoms with E-state index in [1.165, 1.54) is 36.4 Å². The summed E-state index contributed by atoms with van der Waals surface area (Å²) in [5.74, 6) is -4.21. The van der Waals surface area contributed by atoms with E-state index in [0.717, 1.165) is 9.58 Å². The number of sulfonamides is 1. The number of fused-ring (bicyclic) bond motifs is 1. The smallest absolute Gasteiger partial charge is 0.269 e. The number of benzene rings is 3. The highest BCUT2D eigenvalue weighted by Gasteiger charge is 2.40. The van der Waals surface area contributed by atoms with Crippen LogP contribution in [0, 0.1) is 5.82 Å². The summed E-state index contributed by atoms with van der Waals surface area (Å²) in [4.78, 5) is 52.8. The first-order valence-electron chi connectivity index (χ1n) is 14.5. The van der Waals surface area contributed by atoms with Gasteiger partial charge in [-0.3, -0.25) is 23.9 Å². The molecule has 2 fully saturated rings. The van der Waals surface area contributed by atoms with E-state index in [9.17, 15) is 32.0 Å².